The van der Waals surface area contributed by atoms with E-state index in [1.165, 1.54) is 36.0 Å². The highest BCUT2D eigenvalue weighted by Gasteiger charge is 2.83. The molecule has 0 aromatic rings. The van der Waals surface area contributed by atoms with Crippen molar-refractivity contribution >= 4 is 17.9 Å². The number of hydrogen-bond donors (Lipinski definition) is 0. The Labute approximate surface area is 204 Å². The van der Waals surface area contributed by atoms with Gasteiger partial charge in [0.15, 0.2) is 0 Å². The van der Waals surface area contributed by atoms with Crippen molar-refractivity contribution in [1.82, 2.24) is 0 Å². The van der Waals surface area contributed by atoms with E-state index in [2.05, 4.69) is 19.9 Å². The number of carbonyl (C=O) groups excluding carboxylic acids is 3. The molecule has 0 radical (unpaired) electrons. The van der Waals surface area contributed by atoms with E-state index in [1.54, 1.807) is 6.92 Å². The maximum atomic E-state index is 12.8. The number of cyclic esters (lactones) is 2. The number of epoxide rings is 1. The summed E-state index contributed by atoms with van der Waals surface area (Å²) in [5.41, 5.74) is 0.194. The van der Waals surface area contributed by atoms with Crippen LogP contribution in [0.2, 0.25) is 0 Å². The summed E-state index contributed by atoms with van der Waals surface area (Å²) in [7, 11) is 0. The van der Waals surface area contributed by atoms with Gasteiger partial charge in [-0.3, -0.25) is 0 Å². The van der Waals surface area contributed by atoms with Crippen molar-refractivity contribution in [3.8, 4) is 0 Å². The second kappa shape index (κ2) is 8.75. The molecule has 5 aliphatic rings. The van der Waals surface area contributed by atoms with Gasteiger partial charge in [-0.1, -0.05) is 36.3 Å². The largest absolute Gasteiger partial charge is 0.462 e. The van der Waals surface area contributed by atoms with Crippen molar-refractivity contribution in [2.75, 3.05) is 19.8 Å². The zero-order valence-electron chi connectivity index (χ0n) is 20.4. The lowest BCUT2D eigenvalue weighted by atomic mass is 9.51. The van der Waals surface area contributed by atoms with Crippen LogP contribution >= 0.6 is 0 Å². The highest BCUT2D eigenvalue weighted by Crippen LogP contribution is 2.72. The summed E-state index contributed by atoms with van der Waals surface area (Å²) in [5, 5.41) is 0. The van der Waals surface area contributed by atoms with Gasteiger partial charge < -0.3 is 23.7 Å². The minimum Gasteiger partial charge on any atom is -0.462 e. The van der Waals surface area contributed by atoms with Crippen LogP contribution in [0.15, 0.2) is 47.6 Å². The molecule has 1 saturated carbocycles. The van der Waals surface area contributed by atoms with Gasteiger partial charge in [-0.15, -0.1) is 0 Å². The molecule has 2 aliphatic carbocycles. The Hall–Kier alpha value is -2.71. The van der Waals surface area contributed by atoms with Gasteiger partial charge in [0.1, 0.15) is 18.3 Å². The molecule has 188 valence electrons. The van der Waals surface area contributed by atoms with Crippen LogP contribution in [-0.4, -0.2) is 61.6 Å². The van der Waals surface area contributed by atoms with Crippen molar-refractivity contribution in [1.29, 1.82) is 0 Å². The molecule has 2 spiro atoms. The molecule has 6 atom stereocenters. The Kier molecular flexibility index (Phi) is 6.00. The van der Waals surface area contributed by atoms with Crippen LogP contribution in [-0.2, 0) is 38.1 Å². The Morgan fingerprint density at radius 2 is 1.63 bits per heavy atom. The number of ether oxygens (including phenoxy) is 5. The lowest BCUT2D eigenvalue weighted by Gasteiger charge is -2.58. The number of allylic oxidation sites excluding steroid dienone is 3. The van der Waals surface area contributed by atoms with Crippen LogP contribution in [0.4, 0.5) is 0 Å². The molecule has 3 heterocycles. The molecule has 8 nitrogen and oxygen atoms in total. The third-order valence-electron chi connectivity index (χ3n) is 8.63. The van der Waals surface area contributed by atoms with E-state index in [0.717, 1.165) is 18.4 Å². The molecule has 3 fully saturated rings. The molecular formula is C27H32O8. The highest BCUT2D eigenvalue weighted by molar-refractivity contribution is 5.85. The van der Waals surface area contributed by atoms with Crippen LogP contribution in [0.3, 0.4) is 0 Å². The number of carbonyl (C=O) groups is 3. The first kappa shape index (κ1) is 24.0. The first-order valence-electron chi connectivity index (χ1n) is 12.2. The standard InChI is InChI=1S/C27H32O8/c1-17-8-10-26-15-32-24(30)13-18(2)9-11-31-22(28)6-4-5-7-23(29)35-19-14-21(34-20(26)12-17)27(16-33-27)25(19,26)3/h4-7,12-13,19-21H,8-11,14-16H2,1-3H3/b6-4-,7-5-,18-13-/t19-,20-,21+,25-,26?,27-/m1/s1. The van der Waals surface area contributed by atoms with Gasteiger partial charge in [0.25, 0.3) is 0 Å². The van der Waals surface area contributed by atoms with Crippen molar-refractivity contribution in [3.05, 3.63) is 47.6 Å². The monoisotopic (exact) mass is 484 g/mol. The second-order valence-electron chi connectivity index (χ2n) is 10.5. The molecular weight excluding hydrogens is 452 g/mol. The van der Waals surface area contributed by atoms with Crippen LogP contribution in [0.1, 0.15) is 46.5 Å². The summed E-state index contributed by atoms with van der Waals surface area (Å²) >= 11 is 0. The van der Waals surface area contributed by atoms with Crippen molar-refractivity contribution < 1.29 is 38.1 Å². The first-order chi connectivity index (χ1) is 16.7. The Balaban J connectivity index is 1.53. The van der Waals surface area contributed by atoms with Crippen LogP contribution < -0.4 is 0 Å². The van der Waals surface area contributed by atoms with E-state index in [-0.39, 0.29) is 25.4 Å². The molecule has 0 aromatic carbocycles. The number of esters is 3. The van der Waals surface area contributed by atoms with E-state index < -0.39 is 40.4 Å². The van der Waals surface area contributed by atoms with Crippen molar-refractivity contribution in [2.24, 2.45) is 10.8 Å². The fraction of sp³-hybridized carbons (Fsp3) is 0.593. The zero-order valence-corrected chi connectivity index (χ0v) is 20.4. The van der Waals surface area contributed by atoms with E-state index in [0.29, 0.717) is 19.4 Å². The molecule has 0 aromatic heterocycles. The van der Waals surface area contributed by atoms with E-state index in [9.17, 15) is 14.4 Å². The molecule has 2 saturated heterocycles. The molecule has 5 rings (SSSR count). The molecule has 2 bridgehead atoms. The van der Waals surface area contributed by atoms with E-state index in [4.69, 9.17) is 23.7 Å². The van der Waals surface area contributed by atoms with E-state index >= 15 is 0 Å². The molecule has 0 N–H and O–H groups in total. The number of rotatable bonds is 0. The topological polar surface area (TPSA) is 101 Å². The smallest absolute Gasteiger partial charge is 0.331 e. The summed E-state index contributed by atoms with van der Waals surface area (Å²) in [6, 6.07) is 0. The van der Waals surface area contributed by atoms with Crippen LogP contribution in [0.5, 0.6) is 0 Å². The summed E-state index contributed by atoms with van der Waals surface area (Å²) in [6.45, 7) is 6.77. The van der Waals surface area contributed by atoms with Gasteiger partial charge in [-0.25, -0.2) is 14.4 Å². The third-order valence-corrected chi connectivity index (χ3v) is 8.63. The average molecular weight is 485 g/mol. The van der Waals surface area contributed by atoms with Gasteiger partial charge in [0.05, 0.1) is 30.8 Å². The normalized spacial score (nSPS) is 44.9. The first-order valence-corrected chi connectivity index (χ1v) is 12.2. The second-order valence-corrected chi connectivity index (χ2v) is 10.5. The Bertz CT molecular complexity index is 1050. The molecule has 8 heteroatoms. The lowest BCUT2D eigenvalue weighted by Crippen LogP contribution is -2.66. The molecule has 3 aliphatic heterocycles. The van der Waals surface area contributed by atoms with E-state index in [1.807, 2.05) is 0 Å². The number of hydrogen-bond acceptors (Lipinski definition) is 8. The SMILES string of the molecule is CC1=C[C@H]2O[C@H]3C[C@H]4OC(=O)/C=C\C=C/C(=O)OCC/C(C)=C\C(=O)OCC2(CC1)[C@]4(C)[C@@]31CO1. The van der Waals surface area contributed by atoms with Gasteiger partial charge in [-0.2, -0.15) is 0 Å². The highest BCUT2D eigenvalue weighted by atomic mass is 16.6. The summed E-state index contributed by atoms with van der Waals surface area (Å²) in [6.07, 6.45) is 10.5. The minimum absolute atomic E-state index is 0.125. The van der Waals surface area contributed by atoms with Gasteiger partial charge in [-0.05, 0) is 26.7 Å². The summed E-state index contributed by atoms with van der Waals surface area (Å²) in [4.78, 5) is 37.4. The predicted octanol–water partition coefficient (Wildman–Crippen LogP) is 3.12. The fourth-order valence-electron chi connectivity index (χ4n) is 6.46. The van der Waals surface area contributed by atoms with Crippen LogP contribution in [0.25, 0.3) is 0 Å². The Morgan fingerprint density at radius 1 is 0.886 bits per heavy atom. The van der Waals surface area contributed by atoms with Gasteiger partial charge >= 0.3 is 17.9 Å². The zero-order chi connectivity index (χ0) is 24.8. The molecule has 35 heavy (non-hydrogen) atoms. The Morgan fingerprint density at radius 3 is 2.37 bits per heavy atom. The quantitative estimate of drug-likeness (QED) is 0.224. The van der Waals surface area contributed by atoms with Crippen molar-refractivity contribution in [3.63, 3.8) is 0 Å². The maximum absolute atomic E-state index is 12.8. The summed E-state index contributed by atoms with van der Waals surface area (Å²) < 4.78 is 29.7. The predicted molar refractivity (Wildman–Crippen MR) is 124 cm³/mol. The van der Waals surface area contributed by atoms with Crippen molar-refractivity contribution in [2.45, 2.75) is 70.4 Å². The molecule has 1 unspecified atom stereocenters. The van der Waals surface area contributed by atoms with Gasteiger partial charge in [0, 0.05) is 36.5 Å². The molecule has 0 amide bonds. The van der Waals surface area contributed by atoms with Gasteiger partial charge in [0.2, 0.25) is 0 Å². The lowest BCUT2D eigenvalue weighted by molar-refractivity contribution is -0.232. The maximum Gasteiger partial charge on any atom is 0.331 e. The fourth-order valence-corrected chi connectivity index (χ4v) is 6.46. The third kappa shape index (κ3) is 3.87. The minimum atomic E-state index is -0.613. The average Bonchev–Trinajstić information content (AvgIpc) is 3.58. The van der Waals surface area contributed by atoms with Crippen LogP contribution in [0, 0.1) is 10.8 Å². The summed E-state index contributed by atoms with van der Waals surface area (Å²) in [5.74, 6) is -1.50.